The van der Waals surface area contributed by atoms with Crippen molar-refractivity contribution in [2.24, 2.45) is 0 Å². The number of carbonyl (C=O) groups is 1. The second kappa shape index (κ2) is 9.58. The van der Waals surface area contributed by atoms with Gasteiger partial charge in [0, 0.05) is 26.5 Å². The van der Waals surface area contributed by atoms with Crippen LogP contribution in [-0.4, -0.2) is 42.2 Å². The quantitative estimate of drug-likeness (QED) is 0.681. The molecule has 0 unspecified atom stereocenters. The molecule has 0 aliphatic rings. The number of rotatable bonds is 9. The van der Waals surface area contributed by atoms with Crippen molar-refractivity contribution in [2.45, 2.75) is 26.4 Å². The van der Waals surface area contributed by atoms with Gasteiger partial charge in [0.1, 0.15) is 11.4 Å². The number of carbonyl (C=O) groups excluding carboxylic acids is 1. The molecule has 1 amide bonds. The summed E-state index contributed by atoms with van der Waals surface area (Å²) in [5, 5.41) is 5.90. The SMILES string of the molecule is COCCCNC(=O)c1ccnc(Nc2ccccc2OC(C)C)n1. The fourth-order valence-corrected chi connectivity index (χ4v) is 2.10. The van der Waals surface area contributed by atoms with Crippen LogP contribution in [0.2, 0.25) is 0 Å². The third kappa shape index (κ3) is 6.04. The van der Waals surface area contributed by atoms with E-state index in [-0.39, 0.29) is 12.0 Å². The van der Waals surface area contributed by atoms with E-state index < -0.39 is 0 Å². The van der Waals surface area contributed by atoms with Crippen molar-refractivity contribution >= 4 is 17.5 Å². The summed E-state index contributed by atoms with van der Waals surface area (Å²) in [5.74, 6) is 0.799. The van der Waals surface area contributed by atoms with Crippen molar-refractivity contribution in [1.82, 2.24) is 15.3 Å². The Morgan fingerprint density at radius 1 is 1.24 bits per heavy atom. The van der Waals surface area contributed by atoms with Crippen LogP contribution in [0.3, 0.4) is 0 Å². The molecule has 0 aliphatic carbocycles. The molecule has 0 spiro atoms. The molecule has 2 rings (SSSR count). The van der Waals surface area contributed by atoms with Gasteiger partial charge in [-0.1, -0.05) is 12.1 Å². The molecule has 0 saturated carbocycles. The first-order chi connectivity index (χ1) is 12.1. The molecule has 0 radical (unpaired) electrons. The van der Waals surface area contributed by atoms with Gasteiger partial charge in [-0.3, -0.25) is 4.79 Å². The third-order valence-electron chi connectivity index (χ3n) is 3.20. The van der Waals surface area contributed by atoms with E-state index in [1.54, 1.807) is 19.4 Å². The van der Waals surface area contributed by atoms with Crippen molar-refractivity contribution < 1.29 is 14.3 Å². The highest BCUT2D eigenvalue weighted by molar-refractivity contribution is 5.92. The molecular weight excluding hydrogens is 320 g/mol. The van der Waals surface area contributed by atoms with Crippen LogP contribution in [0.15, 0.2) is 36.5 Å². The Kier molecular flexibility index (Phi) is 7.16. The maximum atomic E-state index is 12.1. The molecule has 134 valence electrons. The number of hydrogen-bond acceptors (Lipinski definition) is 6. The lowest BCUT2D eigenvalue weighted by Crippen LogP contribution is -2.26. The Balaban J connectivity index is 2.05. The normalized spacial score (nSPS) is 10.6. The highest BCUT2D eigenvalue weighted by atomic mass is 16.5. The van der Waals surface area contributed by atoms with Gasteiger partial charge in [0.15, 0.2) is 0 Å². The van der Waals surface area contributed by atoms with Crippen molar-refractivity contribution in [3.63, 3.8) is 0 Å². The van der Waals surface area contributed by atoms with E-state index >= 15 is 0 Å². The van der Waals surface area contributed by atoms with E-state index in [4.69, 9.17) is 9.47 Å². The molecule has 0 bridgehead atoms. The van der Waals surface area contributed by atoms with Crippen molar-refractivity contribution in [3.05, 3.63) is 42.2 Å². The molecule has 0 atom stereocenters. The van der Waals surface area contributed by atoms with Gasteiger partial charge < -0.3 is 20.1 Å². The van der Waals surface area contributed by atoms with E-state index in [2.05, 4.69) is 20.6 Å². The zero-order valence-corrected chi connectivity index (χ0v) is 14.8. The number of para-hydroxylation sites is 2. The fourth-order valence-electron chi connectivity index (χ4n) is 2.10. The number of aromatic nitrogens is 2. The highest BCUT2D eigenvalue weighted by Crippen LogP contribution is 2.26. The summed E-state index contributed by atoms with van der Waals surface area (Å²) in [6, 6.07) is 9.11. The third-order valence-corrected chi connectivity index (χ3v) is 3.20. The first kappa shape index (κ1) is 18.7. The minimum Gasteiger partial charge on any atom is -0.489 e. The molecule has 1 heterocycles. The number of methoxy groups -OCH3 is 1. The molecule has 7 nitrogen and oxygen atoms in total. The van der Waals surface area contributed by atoms with Crippen LogP contribution in [0, 0.1) is 0 Å². The highest BCUT2D eigenvalue weighted by Gasteiger charge is 2.10. The van der Waals surface area contributed by atoms with Gasteiger partial charge >= 0.3 is 0 Å². The van der Waals surface area contributed by atoms with E-state index in [0.29, 0.717) is 30.5 Å². The zero-order valence-electron chi connectivity index (χ0n) is 14.8. The Bertz CT molecular complexity index is 692. The summed E-state index contributed by atoms with van der Waals surface area (Å²) in [6.07, 6.45) is 2.34. The van der Waals surface area contributed by atoms with Gasteiger partial charge in [0.25, 0.3) is 5.91 Å². The molecular formula is C18H24N4O3. The number of amides is 1. The van der Waals surface area contributed by atoms with Crippen LogP contribution in [-0.2, 0) is 4.74 Å². The molecule has 0 aliphatic heterocycles. The van der Waals surface area contributed by atoms with Crippen LogP contribution in [0.1, 0.15) is 30.8 Å². The number of benzene rings is 1. The topological polar surface area (TPSA) is 85.4 Å². The summed E-state index contributed by atoms with van der Waals surface area (Å²) in [7, 11) is 1.63. The Labute approximate surface area is 147 Å². The van der Waals surface area contributed by atoms with Crippen LogP contribution in [0.5, 0.6) is 5.75 Å². The van der Waals surface area contributed by atoms with E-state index in [1.165, 1.54) is 0 Å². The molecule has 1 aromatic carbocycles. The Hall–Kier alpha value is -2.67. The lowest BCUT2D eigenvalue weighted by atomic mass is 10.3. The summed E-state index contributed by atoms with van der Waals surface area (Å²) in [4.78, 5) is 20.6. The minimum atomic E-state index is -0.242. The first-order valence-corrected chi connectivity index (χ1v) is 8.23. The number of ether oxygens (including phenoxy) is 2. The van der Waals surface area contributed by atoms with Gasteiger partial charge in [-0.15, -0.1) is 0 Å². The fraction of sp³-hybridized carbons (Fsp3) is 0.389. The van der Waals surface area contributed by atoms with E-state index in [0.717, 1.165) is 12.1 Å². The molecule has 0 fully saturated rings. The average molecular weight is 344 g/mol. The number of hydrogen-bond donors (Lipinski definition) is 2. The predicted octanol–water partition coefficient (Wildman–Crippen LogP) is 2.77. The largest absolute Gasteiger partial charge is 0.489 e. The second-order valence-electron chi connectivity index (χ2n) is 5.66. The summed E-state index contributed by atoms with van der Waals surface area (Å²) >= 11 is 0. The summed E-state index contributed by atoms with van der Waals surface area (Å²) < 4.78 is 10.7. The molecule has 25 heavy (non-hydrogen) atoms. The first-order valence-electron chi connectivity index (χ1n) is 8.23. The molecule has 7 heteroatoms. The van der Waals surface area contributed by atoms with Gasteiger partial charge in [0.05, 0.1) is 11.8 Å². The standard InChI is InChI=1S/C18H24N4O3/c1-13(2)25-16-8-5-4-7-14(16)21-18-20-11-9-15(22-18)17(23)19-10-6-12-24-3/h4-5,7-9,11,13H,6,10,12H2,1-3H3,(H,19,23)(H,20,21,22). The maximum absolute atomic E-state index is 12.1. The molecule has 2 aromatic rings. The minimum absolute atomic E-state index is 0.0491. The van der Waals surface area contributed by atoms with Crippen LogP contribution >= 0.6 is 0 Å². The van der Waals surface area contributed by atoms with E-state index in [9.17, 15) is 4.79 Å². The molecule has 1 aromatic heterocycles. The summed E-state index contributed by atoms with van der Waals surface area (Å²) in [6.45, 7) is 5.05. The van der Waals surface area contributed by atoms with Gasteiger partial charge in [-0.05, 0) is 38.5 Å². The lowest BCUT2D eigenvalue weighted by molar-refractivity contribution is 0.0943. The lowest BCUT2D eigenvalue weighted by Gasteiger charge is -2.14. The van der Waals surface area contributed by atoms with Crippen LogP contribution in [0.4, 0.5) is 11.6 Å². The predicted molar refractivity (Wildman–Crippen MR) is 96.3 cm³/mol. The molecule has 0 saturated heterocycles. The van der Waals surface area contributed by atoms with Crippen LogP contribution < -0.4 is 15.4 Å². The maximum Gasteiger partial charge on any atom is 0.270 e. The zero-order chi connectivity index (χ0) is 18.1. The monoisotopic (exact) mass is 344 g/mol. The van der Waals surface area contributed by atoms with E-state index in [1.807, 2.05) is 38.1 Å². The van der Waals surface area contributed by atoms with Gasteiger partial charge in [-0.25, -0.2) is 9.97 Å². The van der Waals surface area contributed by atoms with Crippen molar-refractivity contribution in [2.75, 3.05) is 25.6 Å². The van der Waals surface area contributed by atoms with Crippen molar-refractivity contribution in [3.8, 4) is 5.75 Å². The number of anilines is 2. The van der Waals surface area contributed by atoms with Gasteiger partial charge in [0.2, 0.25) is 5.95 Å². The van der Waals surface area contributed by atoms with Crippen LogP contribution in [0.25, 0.3) is 0 Å². The molecule has 2 N–H and O–H groups in total. The smallest absolute Gasteiger partial charge is 0.270 e. The number of nitrogens with zero attached hydrogens (tertiary/aromatic N) is 2. The summed E-state index contributed by atoms with van der Waals surface area (Å²) in [5.41, 5.74) is 1.05. The average Bonchev–Trinajstić information content (AvgIpc) is 2.60. The Morgan fingerprint density at radius 3 is 2.80 bits per heavy atom. The Morgan fingerprint density at radius 2 is 2.04 bits per heavy atom. The van der Waals surface area contributed by atoms with Gasteiger partial charge in [-0.2, -0.15) is 0 Å². The van der Waals surface area contributed by atoms with Crippen molar-refractivity contribution in [1.29, 1.82) is 0 Å². The second-order valence-corrected chi connectivity index (χ2v) is 5.66. The number of nitrogens with one attached hydrogen (secondary N) is 2.